The number of rotatable bonds is 4. The predicted octanol–water partition coefficient (Wildman–Crippen LogP) is 2.19. The van der Waals surface area contributed by atoms with Gasteiger partial charge in [-0.05, 0) is 30.9 Å². The molecule has 1 saturated heterocycles. The molecule has 1 aliphatic carbocycles. The van der Waals surface area contributed by atoms with E-state index in [1.807, 2.05) is 0 Å². The lowest BCUT2D eigenvalue weighted by Gasteiger charge is -2.37. The molecule has 0 aromatic heterocycles. The van der Waals surface area contributed by atoms with Crippen LogP contribution in [-0.4, -0.2) is 42.5 Å². The maximum atomic E-state index is 13.6. The van der Waals surface area contributed by atoms with Gasteiger partial charge in [0.05, 0.1) is 19.3 Å². The minimum absolute atomic E-state index is 0.0858. The third-order valence-corrected chi connectivity index (χ3v) is 4.32. The Hall–Kier alpha value is -1.26. The van der Waals surface area contributed by atoms with E-state index in [1.54, 1.807) is 18.2 Å². The van der Waals surface area contributed by atoms with Crippen molar-refractivity contribution in [2.45, 2.75) is 37.8 Å². The zero-order chi connectivity index (χ0) is 13.9. The van der Waals surface area contributed by atoms with E-state index in [0.717, 1.165) is 19.4 Å². The fraction of sp³-hybridized carbons (Fsp3) is 0.562. The van der Waals surface area contributed by atoms with Gasteiger partial charge in [-0.3, -0.25) is 9.69 Å². The quantitative estimate of drug-likeness (QED) is 0.845. The van der Waals surface area contributed by atoms with Crippen LogP contribution in [0.15, 0.2) is 24.3 Å². The summed E-state index contributed by atoms with van der Waals surface area (Å²) < 4.78 is 19.3. The molecule has 2 fully saturated rings. The molecule has 1 aromatic carbocycles. The number of fused-ring (bicyclic) bond motifs is 1. The number of ether oxygens (including phenoxy) is 1. The highest BCUT2D eigenvalue weighted by molar-refractivity contribution is 5.82. The van der Waals surface area contributed by atoms with Gasteiger partial charge in [-0.1, -0.05) is 18.2 Å². The second kappa shape index (κ2) is 6.02. The van der Waals surface area contributed by atoms with E-state index in [9.17, 15) is 9.18 Å². The SMILES string of the molecule is O=C(Cc1ccccc1F)CN1CCOC2CCCC21. The van der Waals surface area contributed by atoms with Crippen LogP contribution in [0, 0.1) is 5.82 Å². The van der Waals surface area contributed by atoms with E-state index in [1.165, 1.54) is 12.5 Å². The number of halogens is 1. The molecule has 2 unspecified atom stereocenters. The van der Waals surface area contributed by atoms with Crippen molar-refractivity contribution in [2.24, 2.45) is 0 Å². The van der Waals surface area contributed by atoms with Crippen LogP contribution < -0.4 is 0 Å². The van der Waals surface area contributed by atoms with Crippen LogP contribution in [0.4, 0.5) is 4.39 Å². The second-order valence-corrected chi connectivity index (χ2v) is 5.68. The Bertz CT molecular complexity index is 491. The molecule has 1 heterocycles. The Kier molecular flexibility index (Phi) is 4.13. The van der Waals surface area contributed by atoms with Crippen molar-refractivity contribution in [3.05, 3.63) is 35.6 Å². The minimum Gasteiger partial charge on any atom is -0.375 e. The molecule has 1 aromatic rings. The van der Waals surface area contributed by atoms with E-state index < -0.39 is 0 Å². The summed E-state index contributed by atoms with van der Waals surface area (Å²) in [5, 5.41) is 0. The number of ketones is 1. The van der Waals surface area contributed by atoms with Crippen LogP contribution in [0.25, 0.3) is 0 Å². The summed E-state index contributed by atoms with van der Waals surface area (Å²) >= 11 is 0. The van der Waals surface area contributed by atoms with Gasteiger partial charge < -0.3 is 4.74 Å². The summed E-state index contributed by atoms with van der Waals surface area (Å²) in [5.74, 6) is -0.204. The van der Waals surface area contributed by atoms with Gasteiger partial charge >= 0.3 is 0 Å². The van der Waals surface area contributed by atoms with E-state index in [-0.39, 0.29) is 18.0 Å². The monoisotopic (exact) mass is 277 g/mol. The topological polar surface area (TPSA) is 29.5 Å². The molecule has 3 nitrogen and oxygen atoms in total. The molecule has 20 heavy (non-hydrogen) atoms. The second-order valence-electron chi connectivity index (χ2n) is 5.68. The Morgan fingerprint density at radius 2 is 2.20 bits per heavy atom. The molecular weight excluding hydrogens is 257 g/mol. The summed E-state index contributed by atoms with van der Waals surface area (Å²) in [4.78, 5) is 14.4. The first-order chi connectivity index (χ1) is 9.74. The highest BCUT2D eigenvalue weighted by atomic mass is 19.1. The molecule has 0 N–H and O–H groups in total. The highest BCUT2D eigenvalue weighted by Gasteiger charge is 2.36. The van der Waals surface area contributed by atoms with Gasteiger partial charge in [0.1, 0.15) is 5.82 Å². The Morgan fingerprint density at radius 3 is 3.05 bits per heavy atom. The zero-order valence-corrected chi connectivity index (χ0v) is 11.6. The molecule has 1 saturated carbocycles. The maximum Gasteiger partial charge on any atom is 0.151 e. The third kappa shape index (κ3) is 2.91. The van der Waals surface area contributed by atoms with Crippen LogP contribution in [0.2, 0.25) is 0 Å². The zero-order valence-electron chi connectivity index (χ0n) is 11.6. The number of hydrogen-bond donors (Lipinski definition) is 0. The Labute approximate surface area is 118 Å². The molecular formula is C16H20FNO2. The highest BCUT2D eigenvalue weighted by Crippen LogP contribution is 2.29. The Morgan fingerprint density at radius 1 is 1.35 bits per heavy atom. The number of hydrogen-bond acceptors (Lipinski definition) is 3. The van der Waals surface area contributed by atoms with Gasteiger partial charge in [-0.25, -0.2) is 4.39 Å². The van der Waals surface area contributed by atoms with Crippen molar-refractivity contribution >= 4 is 5.78 Å². The lowest BCUT2D eigenvalue weighted by molar-refractivity contribution is -0.123. The fourth-order valence-corrected chi connectivity index (χ4v) is 3.34. The molecule has 108 valence electrons. The number of Topliss-reactive ketones (excluding diaryl/α,β-unsaturated/α-hetero) is 1. The molecule has 0 radical (unpaired) electrons. The first-order valence-electron chi connectivity index (χ1n) is 7.35. The van der Waals surface area contributed by atoms with Crippen LogP contribution >= 0.6 is 0 Å². The van der Waals surface area contributed by atoms with Gasteiger partial charge in [0.2, 0.25) is 0 Å². The molecule has 1 aliphatic heterocycles. The van der Waals surface area contributed by atoms with Gasteiger partial charge in [-0.2, -0.15) is 0 Å². The van der Waals surface area contributed by atoms with Crippen molar-refractivity contribution in [3.8, 4) is 0 Å². The average molecular weight is 277 g/mol. The van der Waals surface area contributed by atoms with Gasteiger partial charge in [0, 0.05) is 19.0 Å². The Balaban J connectivity index is 1.60. The normalized spacial score (nSPS) is 26.4. The predicted molar refractivity (Wildman–Crippen MR) is 74.1 cm³/mol. The standard InChI is InChI=1S/C16H20FNO2/c17-14-5-2-1-4-12(14)10-13(19)11-18-8-9-20-16-7-3-6-15(16)18/h1-2,4-5,15-16H,3,6-11H2. The van der Waals surface area contributed by atoms with Crippen LogP contribution in [0.3, 0.4) is 0 Å². The minimum atomic E-state index is -0.290. The van der Waals surface area contributed by atoms with Crippen molar-refractivity contribution in [1.29, 1.82) is 0 Å². The summed E-state index contributed by atoms with van der Waals surface area (Å²) in [7, 11) is 0. The van der Waals surface area contributed by atoms with Crippen LogP contribution in [0.1, 0.15) is 24.8 Å². The van der Waals surface area contributed by atoms with Gasteiger partial charge in [-0.15, -0.1) is 0 Å². The molecule has 2 aliphatic rings. The molecule has 0 amide bonds. The average Bonchev–Trinajstić information content (AvgIpc) is 2.91. The van der Waals surface area contributed by atoms with Crippen LogP contribution in [-0.2, 0) is 16.0 Å². The summed E-state index contributed by atoms with van der Waals surface area (Å²) in [5.41, 5.74) is 0.494. The summed E-state index contributed by atoms with van der Waals surface area (Å²) in [6.07, 6.45) is 3.86. The first-order valence-corrected chi connectivity index (χ1v) is 7.35. The van der Waals surface area contributed by atoms with E-state index >= 15 is 0 Å². The number of morpholine rings is 1. The smallest absolute Gasteiger partial charge is 0.151 e. The van der Waals surface area contributed by atoms with Gasteiger partial charge in [0.25, 0.3) is 0 Å². The molecule has 2 atom stereocenters. The number of benzene rings is 1. The van der Waals surface area contributed by atoms with Crippen molar-refractivity contribution in [1.82, 2.24) is 4.90 Å². The fourth-order valence-electron chi connectivity index (χ4n) is 3.34. The lowest BCUT2D eigenvalue weighted by Crippen LogP contribution is -2.50. The van der Waals surface area contributed by atoms with E-state index in [4.69, 9.17) is 4.74 Å². The largest absolute Gasteiger partial charge is 0.375 e. The van der Waals surface area contributed by atoms with Gasteiger partial charge in [0.15, 0.2) is 5.78 Å². The maximum absolute atomic E-state index is 13.6. The van der Waals surface area contributed by atoms with Crippen molar-refractivity contribution in [3.63, 3.8) is 0 Å². The first kappa shape index (κ1) is 13.7. The van der Waals surface area contributed by atoms with E-state index in [2.05, 4.69) is 4.90 Å². The molecule has 3 rings (SSSR count). The molecule has 4 heteroatoms. The van der Waals surface area contributed by atoms with E-state index in [0.29, 0.717) is 30.9 Å². The molecule has 0 spiro atoms. The van der Waals surface area contributed by atoms with Crippen molar-refractivity contribution < 1.29 is 13.9 Å². The lowest BCUT2D eigenvalue weighted by atomic mass is 10.1. The van der Waals surface area contributed by atoms with Crippen LogP contribution in [0.5, 0.6) is 0 Å². The summed E-state index contributed by atoms with van der Waals surface area (Å²) in [6.45, 7) is 1.93. The number of carbonyl (C=O) groups excluding carboxylic acids is 1. The third-order valence-electron chi connectivity index (χ3n) is 4.32. The summed E-state index contributed by atoms with van der Waals surface area (Å²) in [6, 6.07) is 6.89. The molecule has 0 bridgehead atoms. The number of carbonyl (C=O) groups is 1. The number of nitrogens with zero attached hydrogens (tertiary/aromatic N) is 1. The van der Waals surface area contributed by atoms with Crippen molar-refractivity contribution in [2.75, 3.05) is 19.7 Å².